The van der Waals surface area contributed by atoms with Gasteiger partial charge in [0.1, 0.15) is 11.6 Å². The van der Waals surface area contributed by atoms with Crippen LogP contribution in [-0.4, -0.2) is 36.5 Å². The molecule has 1 heterocycles. The SMILES string of the molecule is Cl.NC1CCC2CN(C(=O)CCOc3ccc(F)cc3)CC12. The van der Waals surface area contributed by atoms with Gasteiger partial charge in [-0.3, -0.25) is 4.79 Å². The van der Waals surface area contributed by atoms with Crippen molar-refractivity contribution in [1.29, 1.82) is 0 Å². The molecule has 0 radical (unpaired) electrons. The number of hydrogen-bond donors (Lipinski definition) is 1. The van der Waals surface area contributed by atoms with Gasteiger partial charge in [0.25, 0.3) is 0 Å². The molecule has 22 heavy (non-hydrogen) atoms. The molecule has 1 aliphatic carbocycles. The lowest BCUT2D eigenvalue weighted by Gasteiger charge is -2.18. The van der Waals surface area contributed by atoms with E-state index < -0.39 is 0 Å². The lowest BCUT2D eigenvalue weighted by atomic mass is 9.98. The predicted molar refractivity (Wildman–Crippen MR) is 84.5 cm³/mol. The van der Waals surface area contributed by atoms with Gasteiger partial charge in [0.2, 0.25) is 5.91 Å². The van der Waals surface area contributed by atoms with E-state index in [0.717, 1.165) is 25.9 Å². The van der Waals surface area contributed by atoms with Crippen LogP contribution >= 0.6 is 12.4 Å². The molecule has 2 aliphatic rings. The second-order valence-electron chi connectivity index (χ2n) is 6.02. The number of fused-ring (bicyclic) bond motifs is 1. The van der Waals surface area contributed by atoms with E-state index in [1.165, 1.54) is 12.1 Å². The molecule has 3 rings (SSSR count). The molecular formula is C16H22ClFN2O2. The Hall–Kier alpha value is -1.33. The summed E-state index contributed by atoms with van der Waals surface area (Å²) in [6, 6.07) is 6.08. The zero-order valence-electron chi connectivity index (χ0n) is 12.4. The van der Waals surface area contributed by atoms with E-state index in [-0.39, 0.29) is 30.2 Å². The number of carbonyl (C=O) groups is 1. The van der Waals surface area contributed by atoms with Crippen molar-refractivity contribution in [3.05, 3.63) is 30.1 Å². The summed E-state index contributed by atoms with van der Waals surface area (Å²) in [5.41, 5.74) is 6.08. The Morgan fingerprint density at radius 3 is 2.68 bits per heavy atom. The number of halogens is 2. The average Bonchev–Trinajstić information content (AvgIpc) is 3.04. The van der Waals surface area contributed by atoms with Crippen molar-refractivity contribution < 1.29 is 13.9 Å². The minimum absolute atomic E-state index is 0. The Kier molecular flexibility index (Phi) is 5.64. The summed E-state index contributed by atoms with van der Waals surface area (Å²) < 4.78 is 18.2. The fourth-order valence-electron chi connectivity index (χ4n) is 3.46. The number of nitrogens with two attached hydrogens (primary N) is 1. The molecule has 3 atom stereocenters. The van der Waals surface area contributed by atoms with E-state index in [9.17, 15) is 9.18 Å². The van der Waals surface area contributed by atoms with Gasteiger partial charge in [-0.05, 0) is 48.9 Å². The summed E-state index contributed by atoms with van der Waals surface area (Å²) in [6.07, 6.45) is 2.58. The zero-order chi connectivity index (χ0) is 14.8. The Bertz CT molecular complexity index is 511. The summed E-state index contributed by atoms with van der Waals surface area (Å²) in [4.78, 5) is 14.1. The molecule has 1 saturated heterocycles. The molecule has 1 saturated carbocycles. The van der Waals surface area contributed by atoms with Crippen molar-refractivity contribution in [2.24, 2.45) is 17.6 Å². The summed E-state index contributed by atoms with van der Waals surface area (Å²) in [5, 5.41) is 0. The largest absolute Gasteiger partial charge is 0.493 e. The van der Waals surface area contributed by atoms with Gasteiger partial charge in [0.15, 0.2) is 0 Å². The van der Waals surface area contributed by atoms with E-state index in [0.29, 0.717) is 30.6 Å². The Morgan fingerprint density at radius 1 is 1.27 bits per heavy atom. The van der Waals surface area contributed by atoms with Crippen LogP contribution in [0.5, 0.6) is 5.75 Å². The fourth-order valence-corrected chi connectivity index (χ4v) is 3.46. The number of hydrogen-bond acceptors (Lipinski definition) is 3. The first-order valence-electron chi connectivity index (χ1n) is 7.55. The summed E-state index contributed by atoms with van der Waals surface area (Å²) >= 11 is 0. The molecule has 2 N–H and O–H groups in total. The summed E-state index contributed by atoms with van der Waals surface area (Å²) in [6.45, 7) is 1.96. The standard InChI is InChI=1S/C16H21FN2O2.ClH/c17-12-2-4-13(5-3-12)21-8-7-16(20)19-9-11-1-6-15(18)14(11)10-19;/h2-5,11,14-15H,1,6-10,18H2;1H. The van der Waals surface area contributed by atoms with Crippen molar-refractivity contribution in [3.63, 3.8) is 0 Å². The van der Waals surface area contributed by atoms with Gasteiger partial charge >= 0.3 is 0 Å². The van der Waals surface area contributed by atoms with Gasteiger partial charge in [-0.25, -0.2) is 4.39 Å². The normalized spacial score (nSPS) is 26.5. The lowest BCUT2D eigenvalue weighted by Crippen LogP contribution is -2.34. The first-order valence-corrected chi connectivity index (χ1v) is 7.55. The number of carbonyl (C=O) groups excluding carboxylic acids is 1. The maximum absolute atomic E-state index is 12.8. The van der Waals surface area contributed by atoms with Gasteiger partial charge < -0.3 is 15.4 Å². The molecule has 3 unspecified atom stereocenters. The van der Waals surface area contributed by atoms with Crippen molar-refractivity contribution >= 4 is 18.3 Å². The van der Waals surface area contributed by atoms with Crippen molar-refractivity contribution in [1.82, 2.24) is 4.90 Å². The number of likely N-dealkylation sites (tertiary alicyclic amines) is 1. The molecule has 1 aliphatic heterocycles. The highest BCUT2D eigenvalue weighted by molar-refractivity contribution is 5.85. The number of amides is 1. The fraction of sp³-hybridized carbons (Fsp3) is 0.562. The first-order chi connectivity index (χ1) is 10.1. The average molecular weight is 329 g/mol. The maximum Gasteiger partial charge on any atom is 0.226 e. The molecule has 1 amide bonds. The maximum atomic E-state index is 12.8. The third kappa shape index (κ3) is 3.70. The summed E-state index contributed by atoms with van der Waals surface area (Å²) in [7, 11) is 0. The highest BCUT2D eigenvalue weighted by atomic mass is 35.5. The smallest absolute Gasteiger partial charge is 0.226 e. The Morgan fingerprint density at radius 2 is 2.00 bits per heavy atom. The lowest BCUT2D eigenvalue weighted by molar-refractivity contribution is -0.131. The quantitative estimate of drug-likeness (QED) is 0.922. The van der Waals surface area contributed by atoms with Gasteiger partial charge in [-0.2, -0.15) is 0 Å². The van der Waals surface area contributed by atoms with E-state index in [1.54, 1.807) is 12.1 Å². The summed E-state index contributed by atoms with van der Waals surface area (Å²) in [5.74, 6) is 1.48. The topological polar surface area (TPSA) is 55.6 Å². The van der Waals surface area contributed by atoms with Crippen LogP contribution in [0.15, 0.2) is 24.3 Å². The Balaban J connectivity index is 0.00000176. The van der Waals surface area contributed by atoms with E-state index in [2.05, 4.69) is 0 Å². The third-order valence-corrected chi connectivity index (χ3v) is 4.66. The predicted octanol–water partition coefficient (Wildman–Crippen LogP) is 2.21. The minimum Gasteiger partial charge on any atom is -0.493 e. The highest BCUT2D eigenvalue weighted by Crippen LogP contribution is 2.37. The van der Waals surface area contributed by atoms with E-state index >= 15 is 0 Å². The van der Waals surface area contributed by atoms with Crippen LogP contribution in [0.4, 0.5) is 4.39 Å². The monoisotopic (exact) mass is 328 g/mol. The van der Waals surface area contributed by atoms with Crippen LogP contribution in [0.25, 0.3) is 0 Å². The van der Waals surface area contributed by atoms with Crippen LogP contribution in [0.2, 0.25) is 0 Å². The second-order valence-corrected chi connectivity index (χ2v) is 6.02. The Labute approximate surface area is 136 Å². The van der Waals surface area contributed by atoms with Crippen LogP contribution in [-0.2, 0) is 4.79 Å². The van der Waals surface area contributed by atoms with E-state index in [4.69, 9.17) is 10.5 Å². The molecule has 0 aromatic heterocycles. The molecule has 1 aromatic rings. The molecule has 122 valence electrons. The van der Waals surface area contributed by atoms with Crippen molar-refractivity contribution in [3.8, 4) is 5.75 Å². The van der Waals surface area contributed by atoms with Crippen molar-refractivity contribution in [2.75, 3.05) is 19.7 Å². The van der Waals surface area contributed by atoms with Crippen LogP contribution in [0.3, 0.4) is 0 Å². The molecule has 6 heteroatoms. The van der Waals surface area contributed by atoms with Crippen LogP contribution < -0.4 is 10.5 Å². The third-order valence-electron chi connectivity index (χ3n) is 4.66. The molecule has 4 nitrogen and oxygen atoms in total. The van der Waals surface area contributed by atoms with Crippen LogP contribution in [0, 0.1) is 17.7 Å². The van der Waals surface area contributed by atoms with Crippen LogP contribution in [0.1, 0.15) is 19.3 Å². The van der Waals surface area contributed by atoms with E-state index in [1.807, 2.05) is 4.90 Å². The molecule has 0 spiro atoms. The number of nitrogens with zero attached hydrogens (tertiary/aromatic N) is 1. The van der Waals surface area contributed by atoms with Gasteiger partial charge in [0, 0.05) is 19.1 Å². The number of ether oxygens (including phenoxy) is 1. The second kappa shape index (κ2) is 7.29. The molecule has 0 bridgehead atoms. The first kappa shape index (κ1) is 17.0. The van der Waals surface area contributed by atoms with Gasteiger partial charge in [0.05, 0.1) is 13.0 Å². The molecule has 2 fully saturated rings. The van der Waals surface area contributed by atoms with Gasteiger partial charge in [-0.1, -0.05) is 0 Å². The highest BCUT2D eigenvalue weighted by Gasteiger charge is 2.42. The number of benzene rings is 1. The number of rotatable bonds is 4. The molecular weight excluding hydrogens is 307 g/mol. The zero-order valence-corrected chi connectivity index (χ0v) is 13.2. The molecule has 1 aromatic carbocycles. The van der Waals surface area contributed by atoms with Gasteiger partial charge in [-0.15, -0.1) is 12.4 Å². The van der Waals surface area contributed by atoms with Crippen molar-refractivity contribution in [2.45, 2.75) is 25.3 Å². The minimum atomic E-state index is -0.293.